The largest absolute Gasteiger partial charge is 0.469 e. The minimum absolute atomic E-state index is 0.0502. The Morgan fingerprint density at radius 2 is 2.00 bits per heavy atom. The van der Waals surface area contributed by atoms with E-state index in [9.17, 15) is 13.2 Å². The topological polar surface area (TPSA) is 106 Å². The Bertz CT molecular complexity index is 788. The maximum atomic E-state index is 12.2. The zero-order valence-corrected chi connectivity index (χ0v) is 12.9. The smallest absolute Gasteiger partial charge is 0.269 e. The molecule has 2 rings (SSSR count). The summed E-state index contributed by atoms with van der Waals surface area (Å²) in [5, 5.41) is 4.04. The maximum Gasteiger partial charge on any atom is 0.269 e. The first-order chi connectivity index (χ1) is 9.74. The van der Waals surface area contributed by atoms with E-state index < -0.39 is 15.9 Å². The van der Waals surface area contributed by atoms with Crippen molar-refractivity contribution in [1.82, 2.24) is 20.0 Å². The Labute approximate surface area is 122 Å². The van der Waals surface area contributed by atoms with Gasteiger partial charge in [-0.05, 0) is 26.8 Å². The van der Waals surface area contributed by atoms with Gasteiger partial charge in [0.1, 0.15) is 10.7 Å². The third kappa shape index (κ3) is 2.83. The Hall–Kier alpha value is -2.13. The van der Waals surface area contributed by atoms with E-state index in [4.69, 9.17) is 4.42 Å². The number of rotatable bonds is 4. The minimum Gasteiger partial charge on any atom is -0.469 e. The van der Waals surface area contributed by atoms with Crippen LogP contribution in [0.15, 0.2) is 21.6 Å². The molecule has 1 amide bonds. The van der Waals surface area contributed by atoms with Crippen molar-refractivity contribution < 1.29 is 17.6 Å². The second-order valence-electron chi connectivity index (χ2n) is 4.57. The van der Waals surface area contributed by atoms with Crippen molar-refractivity contribution in [2.75, 3.05) is 0 Å². The maximum absolute atomic E-state index is 12.2. The van der Waals surface area contributed by atoms with Gasteiger partial charge in [-0.1, -0.05) is 0 Å². The van der Waals surface area contributed by atoms with Crippen LogP contribution in [-0.4, -0.2) is 24.1 Å². The van der Waals surface area contributed by atoms with Crippen molar-refractivity contribution in [3.63, 3.8) is 0 Å². The fourth-order valence-corrected chi connectivity index (χ4v) is 3.28. The third-order valence-corrected chi connectivity index (χ3v) is 4.61. The van der Waals surface area contributed by atoms with Crippen molar-refractivity contribution in [3.8, 4) is 0 Å². The summed E-state index contributed by atoms with van der Waals surface area (Å²) in [6.45, 7) is 4.83. The third-order valence-electron chi connectivity index (χ3n) is 3.11. The Morgan fingerprint density at radius 3 is 2.48 bits per heavy atom. The molecule has 0 atom stereocenters. The van der Waals surface area contributed by atoms with E-state index in [0.717, 1.165) is 0 Å². The molecular weight excluding hydrogens is 296 g/mol. The highest BCUT2D eigenvalue weighted by molar-refractivity contribution is 7.89. The molecule has 2 heterocycles. The number of carbonyl (C=O) groups is 1. The molecule has 0 aliphatic rings. The summed E-state index contributed by atoms with van der Waals surface area (Å²) in [5.74, 6) is -0.190. The lowest BCUT2D eigenvalue weighted by Gasteiger charge is -2.08. The molecule has 21 heavy (non-hydrogen) atoms. The van der Waals surface area contributed by atoms with Crippen molar-refractivity contribution in [3.05, 3.63) is 35.0 Å². The summed E-state index contributed by atoms with van der Waals surface area (Å²) < 4.78 is 30.9. The summed E-state index contributed by atoms with van der Waals surface area (Å²) in [5.41, 5.74) is 3.25. The van der Waals surface area contributed by atoms with Crippen molar-refractivity contribution in [2.45, 2.75) is 25.7 Å². The summed E-state index contributed by atoms with van der Waals surface area (Å²) in [7, 11) is -2.25. The molecule has 2 N–H and O–H groups in total. The highest BCUT2D eigenvalue weighted by Crippen LogP contribution is 2.17. The van der Waals surface area contributed by atoms with Gasteiger partial charge in [0, 0.05) is 7.05 Å². The lowest BCUT2D eigenvalue weighted by atomic mass is 10.2. The highest BCUT2D eigenvalue weighted by Gasteiger charge is 2.24. The number of furan rings is 1. The molecule has 0 saturated heterocycles. The second kappa shape index (κ2) is 5.34. The fraction of sp³-hybridized carbons (Fsp3) is 0.333. The van der Waals surface area contributed by atoms with Crippen molar-refractivity contribution >= 4 is 15.9 Å². The van der Waals surface area contributed by atoms with E-state index in [1.54, 1.807) is 27.8 Å². The van der Waals surface area contributed by atoms with Gasteiger partial charge in [-0.3, -0.25) is 14.9 Å². The van der Waals surface area contributed by atoms with Gasteiger partial charge in [-0.2, -0.15) is 5.10 Å². The number of amides is 1. The number of carbonyl (C=O) groups excluding carboxylic acids is 1. The van der Waals surface area contributed by atoms with Crippen LogP contribution >= 0.6 is 0 Å². The van der Waals surface area contributed by atoms with Crippen LogP contribution in [0.2, 0.25) is 0 Å². The zero-order valence-electron chi connectivity index (χ0n) is 12.1. The molecule has 114 valence electrons. The van der Waals surface area contributed by atoms with E-state index in [2.05, 4.69) is 15.4 Å². The number of aryl methyl sites for hydroxylation is 3. The molecule has 0 spiro atoms. The van der Waals surface area contributed by atoms with Crippen LogP contribution in [0.3, 0.4) is 0 Å². The number of sulfonamides is 1. The molecule has 0 unspecified atom stereocenters. The highest BCUT2D eigenvalue weighted by atomic mass is 32.2. The molecule has 0 aliphatic heterocycles. The Morgan fingerprint density at radius 1 is 1.33 bits per heavy atom. The van der Waals surface area contributed by atoms with Gasteiger partial charge >= 0.3 is 0 Å². The van der Waals surface area contributed by atoms with E-state index >= 15 is 0 Å². The van der Waals surface area contributed by atoms with E-state index in [1.807, 2.05) is 0 Å². The molecule has 0 bridgehead atoms. The summed E-state index contributed by atoms with van der Waals surface area (Å²) in [6, 6.07) is 1.46. The summed E-state index contributed by atoms with van der Waals surface area (Å²) in [6.07, 6.45) is 1.36. The summed E-state index contributed by atoms with van der Waals surface area (Å²) in [4.78, 5) is 14.0. The number of hydrogen-bond acceptors (Lipinski definition) is 5. The van der Waals surface area contributed by atoms with E-state index in [0.29, 0.717) is 17.1 Å². The quantitative estimate of drug-likeness (QED) is 0.802. The zero-order chi connectivity index (χ0) is 15.8. The van der Waals surface area contributed by atoms with E-state index in [1.165, 1.54) is 17.0 Å². The molecular formula is C12H16N4O4S. The molecule has 8 nitrogen and oxygen atoms in total. The molecule has 0 radical (unpaired) electrons. The average molecular weight is 312 g/mol. The van der Waals surface area contributed by atoms with Crippen molar-refractivity contribution in [1.29, 1.82) is 0 Å². The first-order valence-corrected chi connectivity index (χ1v) is 7.59. The van der Waals surface area contributed by atoms with Gasteiger partial charge in [0.15, 0.2) is 0 Å². The Kier molecular flexibility index (Phi) is 3.88. The van der Waals surface area contributed by atoms with Gasteiger partial charge in [0.2, 0.25) is 0 Å². The number of nitrogens with one attached hydrogen (secondary N) is 2. The lowest BCUT2D eigenvalue weighted by molar-refractivity contribution is 0.0943. The van der Waals surface area contributed by atoms with Crippen LogP contribution in [0.1, 0.15) is 27.5 Å². The molecule has 0 aromatic carbocycles. The molecule has 2 aromatic rings. The van der Waals surface area contributed by atoms with Crippen molar-refractivity contribution in [2.24, 2.45) is 7.05 Å². The predicted octanol–water partition coefficient (Wildman–Crippen LogP) is 0.562. The monoisotopic (exact) mass is 312 g/mol. The molecule has 0 aliphatic carbocycles. The van der Waals surface area contributed by atoms with E-state index in [-0.39, 0.29) is 10.5 Å². The number of nitrogens with zero attached hydrogens (tertiary/aromatic N) is 2. The Balaban J connectivity index is 2.19. The van der Waals surface area contributed by atoms with Crippen LogP contribution in [0.25, 0.3) is 0 Å². The molecule has 0 fully saturated rings. The fourth-order valence-electron chi connectivity index (χ4n) is 2.00. The predicted molar refractivity (Wildman–Crippen MR) is 73.9 cm³/mol. The molecule has 9 heteroatoms. The SMILES string of the molecule is Cc1nn(C)c(C)c1S(=O)(=O)NNC(=O)c1ccoc1C. The second-order valence-corrected chi connectivity index (χ2v) is 6.19. The number of hydrazine groups is 1. The van der Waals surface area contributed by atoms with Crippen LogP contribution in [0.4, 0.5) is 0 Å². The molecule has 0 saturated carbocycles. The van der Waals surface area contributed by atoms with Gasteiger partial charge < -0.3 is 4.42 Å². The lowest BCUT2D eigenvalue weighted by Crippen LogP contribution is -2.42. The number of hydrogen-bond donors (Lipinski definition) is 2. The first-order valence-electron chi connectivity index (χ1n) is 6.10. The summed E-state index contributed by atoms with van der Waals surface area (Å²) >= 11 is 0. The van der Waals surface area contributed by atoms with Crippen LogP contribution < -0.4 is 10.3 Å². The van der Waals surface area contributed by atoms with Crippen LogP contribution in [0.5, 0.6) is 0 Å². The van der Waals surface area contributed by atoms with Crippen LogP contribution in [-0.2, 0) is 17.1 Å². The van der Waals surface area contributed by atoms with Crippen LogP contribution in [0, 0.1) is 20.8 Å². The molecule has 2 aromatic heterocycles. The normalized spacial score (nSPS) is 11.6. The van der Waals surface area contributed by atoms with Gasteiger partial charge in [-0.25, -0.2) is 8.42 Å². The minimum atomic E-state index is -3.90. The average Bonchev–Trinajstić information content (AvgIpc) is 2.91. The standard InChI is InChI=1S/C12H16N4O4S/c1-7-11(8(2)16(4)14-7)21(18,19)15-13-12(17)10-5-6-20-9(10)3/h5-6,15H,1-4H3,(H,13,17). The number of aromatic nitrogens is 2. The van der Waals surface area contributed by atoms with Gasteiger partial charge in [0.25, 0.3) is 15.9 Å². The van der Waals surface area contributed by atoms with Gasteiger partial charge in [-0.15, -0.1) is 4.83 Å². The first kappa shape index (κ1) is 15.3. The van der Waals surface area contributed by atoms with Gasteiger partial charge in [0.05, 0.1) is 23.2 Å².